The summed E-state index contributed by atoms with van der Waals surface area (Å²) in [6.45, 7) is 0.300. The summed E-state index contributed by atoms with van der Waals surface area (Å²) in [5.74, 6) is 0. The highest BCUT2D eigenvalue weighted by Gasteiger charge is 2.28. The van der Waals surface area contributed by atoms with Crippen molar-refractivity contribution in [2.75, 3.05) is 18.1 Å². The highest BCUT2D eigenvalue weighted by molar-refractivity contribution is 7.90. The third-order valence-electron chi connectivity index (χ3n) is 4.21. The fourth-order valence-corrected chi connectivity index (χ4v) is 3.77. The van der Waals surface area contributed by atoms with Gasteiger partial charge in [-0.3, -0.25) is 10.1 Å². The minimum atomic E-state index is -3.71. The van der Waals surface area contributed by atoms with Crippen molar-refractivity contribution in [3.05, 3.63) is 28.3 Å². The van der Waals surface area contributed by atoms with E-state index in [-0.39, 0.29) is 4.90 Å². The predicted octanol–water partition coefficient (Wildman–Crippen LogP) is 2.50. The average molecular weight is 342 g/mol. The van der Waals surface area contributed by atoms with Gasteiger partial charge in [0.1, 0.15) is 4.90 Å². The van der Waals surface area contributed by atoms with E-state index in [4.69, 9.17) is 0 Å². The summed E-state index contributed by atoms with van der Waals surface area (Å²) in [6, 6.07) is 3.90. The zero-order valence-electron chi connectivity index (χ0n) is 13.1. The number of rotatable bonds is 5. The molecule has 128 valence electrons. The molecule has 0 bridgehead atoms. The summed E-state index contributed by atoms with van der Waals surface area (Å²) in [5.41, 5.74) is -0.802. The molecule has 1 fully saturated rings. The number of aliphatic hydroxyl groups is 1. The lowest BCUT2D eigenvalue weighted by Gasteiger charge is -2.27. The molecule has 1 aliphatic carbocycles. The Hall–Kier alpha value is -1.67. The van der Waals surface area contributed by atoms with Crippen molar-refractivity contribution in [1.29, 1.82) is 0 Å². The molecule has 0 atom stereocenters. The van der Waals surface area contributed by atoms with Crippen molar-refractivity contribution in [2.24, 2.45) is 0 Å². The van der Waals surface area contributed by atoms with Crippen LogP contribution in [0.4, 0.5) is 11.4 Å². The van der Waals surface area contributed by atoms with Gasteiger partial charge in [-0.15, -0.1) is 0 Å². The molecule has 0 amide bonds. The average Bonchev–Trinajstić information content (AvgIpc) is 2.69. The Morgan fingerprint density at radius 1 is 1.26 bits per heavy atom. The first-order valence-corrected chi connectivity index (χ1v) is 9.55. The van der Waals surface area contributed by atoms with Crippen LogP contribution in [0.1, 0.15) is 38.5 Å². The molecule has 1 saturated carbocycles. The van der Waals surface area contributed by atoms with Crippen molar-refractivity contribution in [1.82, 2.24) is 0 Å². The Morgan fingerprint density at radius 3 is 2.39 bits per heavy atom. The maximum Gasteiger partial charge on any atom is 0.288 e. The normalized spacial score (nSPS) is 18.2. The van der Waals surface area contributed by atoms with Crippen LogP contribution in [0.15, 0.2) is 23.1 Å². The second kappa shape index (κ2) is 6.84. The number of sulfone groups is 1. The number of nitro benzene ring substituents is 1. The third-order valence-corrected chi connectivity index (χ3v) is 5.34. The summed E-state index contributed by atoms with van der Waals surface area (Å²) >= 11 is 0. The van der Waals surface area contributed by atoms with Gasteiger partial charge in [-0.2, -0.15) is 0 Å². The van der Waals surface area contributed by atoms with Gasteiger partial charge in [0.25, 0.3) is 5.69 Å². The number of nitro groups is 1. The Balaban J connectivity index is 2.19. The molecule has 2 rings (SSSR count). The molecule has 1 aliphatic rings. The van der Waals surface area contributed by atoms with Crippen LogP contribution >= 0.6 is 0 Å². The summed E-state index contributed by atoms with van der Waals surface area (Å²) in [6.07, 6.45) is 6.49. The van der Waals surface area contributed by atoms with Crippen LogP contribution in [0.25, 0.3) is 0 Å². The zero-order chi connectivity index (χ0) is 17.1. The van der Waals surface area contributed by atoms with Crippen LogP contribution in [-0.4, -0.2) is 36.8 Å². The second-order valence-electron chi connectivity index (χ2n) is 6.20. The first-order valence-electron chi connectivity index (χ1n) is 7.66. The predicted molar refractivity (Wildman–Crippen MR) is 87.3 cm³/mol. The fourth-order valence-electron chi connectivity index (χ4n) is 2.90. The summed E-state index contributed by atoms with van der Waals surface area (Å²) < 4.78 is 23.5. The van der Waals surface area contributed by atoms with Crippen LogP contribution in [0.3, 0.4) is 0 Å². The Bertz CT molecular complexity index is 679. The molecular formula is C15H22N2O5S. The molecule has 0 saturated heterocycles. The SMILES string of the molecule is CS(=O)(=O)c1cc(NCC2(O)CCCCCC2)ccc1[N+](=O)[O-]. The topological polar surface area (TPSA) is 110 Å². The maximum absolute atomic E-state index is 11.7. The number of nitrogens with one attached hydrogen (secondary N) is 1. The van der Waals surface area contributed by atoms with Crippen molar-refractivity contribution in [3.63, 3.8) is 0 Å². The van der Waals surface area contributed by atoms with Crippen LogP contribution in [-0.2, 0) is 9.84 Å². The van der Waals surface area contributed by atoms with Gasteiger partial charge in [0.2, 0.25) is 0 Å². The lowest BCUT2D eigenvalue weighted by molar-refractivity contribution is -0.387. The van der Waals surface area contributed by atoms with E-state index in [0.717, 1.165) is 31.9 Å². The molecule has 0 radical (unpaired) electrons. The monoisotopic (exact) mass is 342 g/mol. The fraction of sp³-hybridized carbons (Fsp3) is 0.600. The van der Waals surface area contributed by atoms with E-state index in [9.17, 15) is 23.6 Å². The summed E-state index contributed by atoms with van der Waals surface area (Å²) in [7, 11) is -3.71. The Labute approximate surface area is 135 Å². The molecule has 0 spiro atoms. The van der Waals surface area contributed by atoms with Gasteiger partial charge >= 0.3 is 0 Å². The van der Waals surface area contributed by atoms with Crippen molar-refractivity contribution in [2.45, 2.75) is 49.0 Å². The minimum absolute atomic E-state index is 0.300. The van der Waals surface area contributed by atoms with Gasteiger partial charge in [-0.25, -0.2) is 8.42 Å². The highest BCUT2D eigenvalue weighted by atomic mass is 32.2. The standard InChI is InChI=1S/C15H22N2O5S/c1-23(21,22)14-10-12(6-7-13(14)17(19)20)16-11-15(18)8-4-2-3-5-9-15/h6-7,10,16,18H,2-5,8-9,11H2,1H3. The molecule has 2 N–H and O–H groups in total. The molecule has 1 aromatic rings. The van der Waals surface area contributed by atoms with Crippen molar-refractivity contribution in [3.8, 4) is 0 Å². The Kier molecular flexibility index (Phi) is 5.26. The lowest BCUT2D eigenvalue weighted by atomic mass is 9.94. The van der Waals surface area contributed by atoms with E-state index < -0.39 is 26.0 Å². The molecule has 23 heavy (non-hydrogen) atoms. The van der Waals surface area contributed by atoms with Gasteiger partial charge in [0.15, 0.2) is 9.84 Å². The number of hydrogen-bond acceptors (Lipinski definition) is 6. The first-order chi connectivity index (χ1) is 10.7. The van der Waals surface area contributed by atoms with Gasteiger partial charge in [0.05, 0.1) is 10.5 Å². The molecule has 8 heteroatoms. The molecular weight excluding hydrogens is 320 g/mol. The number of nitrogens with zero attached hydrogens (tertiary/aromatic N) is 1. The van der Waals surface area contributed by atoms with E-state index >= 15 is 0 Å². The maximum atomic E-state index is 11.7. The van der Waals surface area contributed by atoms with E-state index in [1.54, 1.807) is 0 Å². The van der Waals surface area contributed by atoms with E-state index in [1.807, 2.05) is 0 Å². The van der Waals surface area contributed by atoms with E-state index in [0.29, 0.717) is 25.1 Å². The summed E-state index contributed by atoms with van der Waals surface area (Å²) in [4.78, 5) is 9.93. The van der Waals surface area contributed by atoms with E-state index in [1.165, 1.54) is 18.2 Å². The molecule has 1 aromatic carbocycles. The van der Waals surface area contributed by atoms with Gasteiger partial charge in [-0.05, 0) is 25.0 Å². The zero-order valence-corrected chi connectivity index (χ0v) is 13.9. The van der Waals surface area contributed by atoms with Gasteiger partial charge < -0.3 is 10.4 Å². The largest absolute Gasteiger partial charge is 0.388 e. The third kappa shape index (κ3) is 4.65. The van der Waals surface area contributed by atoms with Gasteiger partial charge in [-0.1, -0.05) is 25.7 Å². The molecule has 0 aromatic heterocycles. The second-order valence-corrected chi connectivity index (χ2v) is 8.19. The molecule has 0 aliphatic heterocycles. The lowest BCUT2D eigenvalue weighted by Crippen LogP contribution is -2.36. The van der Waals surface area contributed by atoms with Crippen molar-refractivity contribution >= 4 is 21.2 Å². The number of benzene rings is 1. The number of hydrogen-bond donors (Lipinski definition) is 2. The van der Waals surface area contributed by atoms with Crippen LogP contribution < -0.4 is 5.32 Å². The highest BCUT2D eigenvalue weighted by Crippen LogP contribution is 2.30. The molecule has 0 heterocycles. The smallest absolute Gasteiger partial charge is 0.288 e. The van der Waals surface area contributed by atoms with E-state index in [2.05, 4.69) is 5.32 Å². The summed E-state index contributed by atoms with van der Waals surface area (Å²) in [5, 5.41) is 24.6. The van der Waals surface area contributed by atoms with Gasteiger partial charge in [0, 0.05) is 24.6 Å². The Morgan fingerprint density at radius 2 is 1.87 bits per heavy atom. The quantitative estimate of drug-likeness (QED) is 0.483. The number of anilines is 1. The van der Waals surface area contributed by atoms with Crippen LogP contribution in [0, 0.1) is 10.1 Å². The molecule has 0 unspecified atom stereocenters. The minimum Gasteiger partial charge on any atom is -0.388 e. The van der Waals surface area contributed by atoms with Crippen molar-refractivity contribution < 1.29 is 18.4 Å². The van der Waals surface area contributed by atoms with Crippen LogP contribution in [0.2, 0.25) is 0 Å². The first kappa shape index (κ1) is 17.7. The molecule has 7 nitrogen and oxygen atoms in total. The van der Waals surface area contributed by atoms with Crippen LogP contribution in [0.5, 0.6) is 0 Å².